The molecule has 188 valence electrons. The molecule has 31 heavy (non-hydrogen) atoms. The molecule has 0 aliphatic rings. The Morgan fingerprint density at radius 2 is 1.13 bits per heavy atom. The van der Waals surface area contributed by atoms with E-state index < -0.39 is 19.4 Å². The van der Waals surface area contributed by atoms with E-state index in [1.807, 2.05) is 13.8 Å². The quantitative estimate of drug-likeness (QED) is 0.135. The first-order valence-electron chi connectivity index (χ1n) is 10.7. The molecular formula is C19H41O11P. The molecule has 0 aromatic heterocycles. The van der Waals surface area contributed by atoms with Gasteiger partial charge in [-0.3, -0.25) is 0 Å². The molecule has 1 atom stereocenters. The van der Waals surface area contributed by atoms with Crippen molar-refractivity contribution in [2.45, 2.75) is 52.1 Å². The lowest BCUT2D eigenvalue weighted by Crippen LogP contribution is -2.61. The van der Waals surface area contributed by atoms with E-state index in [0.29, 0.717) is 39.6 Å². The van der Waals surface area contributed by atoms with Gasteiger partial charge in [-0.05, 0) is 27.7 Å². The van der Waals surface area contributed by atoms with Crippen molar-refractivity contribution in [3.05, 3.63) is 0 Å². The molecule has 0 heterocycles. The zero-order valence-corrected chi connectivity index (χ0v) is 20.4. The minimum absolute atomic E-state index is 0.0546. The second-order valence-corrected chi connectivity index (χ2v) is 7.48. The fourth-order valence-electron chi connectivity index (χ4n) is 3.01. The van der Waals surface area contributed by atoms with Crippen molar-refractivity contribution in [3.8, 4) is 0 Å². The normalized spacial score (nSPS) is 14.7. The van der Waals surface area contributed by atoms with Gasteiger partial charge in [0.05, 0.1) is 26.4 Å². The van der Waals surface area contributed by atoms with Crippen LogP contribution >= 0.6 is 7.82 Å². The number of methoxy groups -OCH3 is 1. The summed E-state index contributed by atoms with van der Waals surface area (Å²) < 4.78 is 55.7. The van der Waals surface area contributed by atoms with E-state index in [1.165, 1.54) is 7.11 Å². The molecule has 0 aromatic carbocycles. The van der Waals surface area contributed by atoms with Gasteiger partial charge in [0.25, 0.3) is 0 Å². The molecule has 0 spiro atoms. The predicted octanol–water partition coefficient (Wildman–Crippen LogP) is 2.09. The molecule has 0 aliphatic carbocycles. The lowest BCUT2D eigenvalue weighted by atomic mass is 9.92. The highest BCUT2D eigenvalue weighted by Crippen LogP contribution is 2.49. The van der Waals surface area contributed by atoms with Crippen molar-refractivity contribution in [2.24, 2.45) is 0 Å². The van der Waals surface area contributed by atoms with Crippen molar-refractivity contribution in [1.29, 1.82) is 0 Å². The van der Waals surface area contributed by atoms with Crippen LogP contribution in [0.2, 0.25) is 0 Å². The molecule has 0 saturated carbocycles. The Bertz CT molecular complexity index is 458. The van der Waals surface area contributed by atoms with Crippen molar-refractivity contribution in [1.82, 2.24) is 0 Å². The largest absolute Gasteiger partial charge is 0.474 e. The standard InChI is InChI=1S/C19H41O11P/c1-6-24-14-16-26-12-10-18(28-8-3,11-13-27-17-15-25-7-2)19(23-5,29-9-4)30-31(20,21)22/h6-17H2,1-5H3,(H2,20,21,22). The van der Waals surface area contributed by atoms with Gasteiger partial charge in [0, 0.05) is 59.6 Å². The molecule has 0 bridgehead atoms. The van der Waals surface area contributed by atoms with Crippen LogP contribution in [0, 0.1) is 0 Å². The van der Waals surface area contributed by atoms with Gasteiger partial charge in [-0.25, -0.2) is 9.09 Å². The summed E-state index contributed by atoms with van der Waals surface area (Å²) in [4.78, 5) is 19.1. The Labute approximate surface area is 185 Å². The first-order valence-corrected chi connectivity index (χ1v) is 12.2. The fourth-order valence-corrected chi connectivity index (χ4v) is 3.62. The van der Waals surface area contributed by atoms with E-state index in [-0.39, 0.29) is 39.3 Å². The first kappa shape index (κ1) is 30.8. The minimum Gasteiger partial charge on any atom is -0.379 e. The van der Waals surface area contributed by atoms with Crippen LogP contribution in [0.4, 0.5) is 0 Å². The molecular weight excluding hydrogens is 435 g/mol. The summed E-state index contributed by atoms with van der Waals surface area (Å²) in [5.41, 5.74) is -1.43. The second-order valence-electron chi connectivity index (χ2n) is 6.32. The second kappa shape index (κ2) is 17.3. The molecule has 0 rings (SSSR count). The van der Waals surface area contributed by atoms with E-state index in [9.17, 15) is 14.4 Å². The Morgan fingerprint density at radius 3 is 1.48 bits per heavy atom. The third-order valence-corrected chi connectivity index (χ3v) is 4.75. The van der Waals surface area contributed by atoms with E-state index in [1.54, 1.807) is 13.8 Å². The summed E-state index contributed by atoms with van der Waals surface area (Å²) in [6.07, 6.45) is 0.325. The number of hydrogen-bond donors (Lipinski definition) is 2. The highest BCUT2D eigenvalue weighted by molar-refractivity contribution is 7.46. The Balaban J connectivity index is 5.61. The van der Waals surface area contributed by atoms with Crippen LogP contribution in [0.1, 0.15) is 40.5 Å². The van der Waals surface area contributed by atoms with Crippen LogP contribution in [0.3, 0.4) is 0 Å². The van der Waals surface area contributed by atoms with Gasteiger partial charge >= 0.3 is 13.8 Å². The van der Waals surface area contributed by atoms with E-state index >= 15 is 0 Å². The number of rotatable bonds is 22. The maximum atomic E-state index is 11.8. The first-order chi connectivity index (χ1) is 14.8. The molecule has 0 radical (unpaired) electrons. The zero-order valence-electron chi connectivity index (χ0n) is 19.5. The van der Waals surface area contributed by atoms with Crippen molar-refractivity contribution in [3.63, 3.8) is 0 Å². The smallest absolute Gasteiger partial charge is 0.379 e. The Kier molecular flexibility index (Phi) is 17.2. The van der Waals surface area contributed by atoms with Gasteiger partial charge < -0.3 is 42.9 Å². The summed E-state index contributed by atoms with van der Waals surface area (Å²) in [7, 11) is -3.77. The lowest BCUT2D eigenvalue weighted by molar-refractivity contribution is -0.417. The van der Waals surface area contributed by atoms with Gasteiger partial charge in [-0.1, -0.05) is 0 Å². The molecule has 0 amide bonds. The number of phosphoric acid groups is 1. The molecule has 2 N–H and O–H groups in total. The van der Waals surface area contributed by atoms with Gasteiger partial charge in [0.1, 0.15) is 0 Å². The van der Waals surface area contributed by atoms with E-state index in [2.05, 4.69) is 0 Å². The molecule has 0 saturated heterocycles. The fraction of sp³-hybridized carbons (Fsp3) is 1.00. The van der Waals surface area contributed by atoms with Gasteiger partial charge in [0.2, 0.25) is 0 Å². The number of ether oxygens (including phenoxy) is 7. The summed E-state index contributed by atoms with van der Waals surface area (Å²) in [5, 5.41) is 0. The van der Waals surface area contributed by atoms with Gasteiger partial charge in [-0.2, -0.15) is 0 Å². The monoisotopic (exact) mass is 476 g/mol. The van der Waals surface area contributed by atoms with Crippen LogP contribution in [0.15, 0.2) is 0 Å². The molecule has 1 unspecified atom stereocenters. The average molecular weight is 477 g/mol. The zero-order chi connectivity index (χ0) is 23.6. The Hall–Kier alpha value is -0.170. The van der Waals surface area contributed by atoms with Gasteiger partial charge in [0.15, 0.2) is 5.60 Å². The highest BCUT2D eigenvalue weighted by atomic mass is 31.2. The topological polar surface area (TPSA) is 131 Å². The average Bonchev–Trinajstić information content (AvgIpc) is 2.71. The SMILES string of the molecule is CCOCCOCCC(CCOCCOCC)(OCC)C(OC)(OCC)OP(=O)(O)O. The molecule has 12 heteroatoms. The lowest BCUT2D eigenvalue weighted by Gasteiger charge is -2.47. The molecule has 11 nitrogen and oxygen atoms in total. The van der Waals surface area contributed by atoms with Crippen molar-refractivity contribution < 1.29 is 52.0 Å². The maximum absolute atomic E-state index is 11.8. The van der Waals surface area contributed by atoms with E-state index in [0.717, 1.165) is 0 Å². The predicted molar refractivity (Wildman–Crippen MR) is 113 cm³/mol. The Morgan fingerprint density at radius 1 is 0.677 bits per heavy atom. The molecule has 0 aromatic rings. The van der Waals surface area contributed by atoms with Crippen LogP contribution in [-0.2, 0) is 42.2 Å². The maximum Gasteiger partial charge on any atom is 0.474 e. The molecule has 0 aliphatic heterocycles. The minimum atomic E-state index is -5.01. The van der Waals surface area contributed by atoms with Crippen LogP contribution in [0.25, 0.3) is 0 Å². The summed E-state index contributed by atoms with van der Waals surface area (Å²) in [6.45, 7) is 10.6. The summed E-state index contributed by atoms with van der Waals surface area (Å²) >= 11 is 0. The van der Waals surface area contributed by atoms with E-state index in [4.69, 9.17) is 37.7 Å². The van der Waals surface area contributed by atoms with Crippen molar-refractivity contribution >= 4 is 7.82 Å². The third-order valence-electron chi connectivity index (χ3n) is 4.27. The summed E-state index contributed by atoms with van der Waals surface area (Å²) in [6, 6.07) is 0. The third kappa shape index (κ3) is 12.0. The summed E-state index contributed by atoms with van der Waals surface area (Å²) in [5.74, 6) is -2.18. The highest BCUT2D eigenvalue weighted by Gasteiger charge is 2.59. The van der Waals surface area contributed by atoms with Crippen LogP contribution in [0.5, 0.6) is 0 Å². The van der Waals surface area contributed by atoms with Crippen LogP contribution in [-0.4, -0.2) is 94.5 Å². The number of phosphoric ester groups is 1. The van der Waals surface area contributed by atoms with Crippen LogP contribution < -0.4 is 0 Å². The number of hydrogen-bond acceptors (Lipinski definition) is 9. The van der Waals surface area contributed by atoms with Crippen molar-refractivity contribution in [2.75, 3.05) is 73.2 Å². The van der Waals surface area contributed by atoms with Gasteiger partial charge in [-0.15, -0.1) is 0 Å². The molecule has 0 fully saturated rings.